The molecule has 1 N–H and O–H groups in total. The van der Waals surface area contributed by atoms with Crippen molar-refractivity contribution in [2.24, 2.45) is 0 Å². The van der Waals surface area contributed by atoms with Gasteiger partial charge >= 0.3 is 6.03 Å². The Bertz CT molecular complexity index is 489. The van der Waals surface area contributed by atoms with Gasteiger partial charge in [-0.25, -0.2) is 9.69 Å². The molecule has 1 aromatic carbocycles. The second kappa shape index (κ2) is 5.71. The number of rotatable bonds is 5. The number of hydrogen-bond donors (Lipinski definition) is 1. The Hall–Kier alpha value is -2.08. The highest BCUT2D eigenvalue weighted by Gasteiger charge is 2.38. The smallest absolute Gasteiger partial charge is 0.329 e. The molecule has 1 unspecified atom stereocenters. The number of nitrogens with zero attached hydrogens (tertiary/aromatic N) is 1. The van der Waals surface area contributed by atoms with Crippen molar-refractivity contribution in [1.82, 2.24) is 5.32 Å². The number of carbonyl (C=O) groups is 2. The predicted molar refractivity (Wildman–Crippen MR) is 69.3 cm³/mol. The van der Waals surface area contributed by atoms with Crippen molar-refractivity contribution in [2.75, 3.05) is 25.7 Å². The van der Waals surface area contributed by atoms with E-state index in [0.29, 0.717) is 24.5 Å². The predicted octanol–water partition coefficient (Wildman–Crippen LogP) is 1.16. The van der Waals surface area contributed by atoms with Crippen LogP contribution in [0.2, 0.25) is 0 Å². The van der Waals surface area contributed by atoms with E-state index in [1.54, 1.807) is 31.4 Å². The summed E-state index contributed by atoms with van der Waals surface area (Å²) in [6, 6.07) is 5.88. The maximum Gasteiger partial charge on any atom is 0.329 e. The molecule has 3 amide bonds. The van der Waals surface area contributed by atoms with E-state index in [0.717, 1.165) is 4.90 Å². The van der Waals surface area contributed by atoms with Crippen LogP contribution in [0.15, 0.2) is 24.3 Å². The number of nitrogens with one attached hydrogen (secondary N) is 1. The van der Waals surface area contributed by atoms with Crippen LogP contribution in [0.4, 0.5) is 10.5 Å². The zero-order valence-electron chi connectivity index (χ0n) is 10.9. The van der Waals surface area contributed by atoms with Crippen molar-refractivity contribution in [3.63, 3.8) is 0 Å². The van der Waals surface area contributed by atoms with E-state index >= 15 is 0 Å². The molecule has 6 heteroatoms. The standard InChI is InChI=1S/C13H16N2O4/c1-18-7-6-11-12(16)15(13(17)14-11)9-4-3-5-10(8-9)19-2/h3-5,8,11H,6-7H2,1-2H3,(H,14,17). The minimum atomic E-state index is -0.529. The third-order valence-corrected chi connectivity index (χ3v) is 2.94. The Morgan fingerprint density at radius 1 is 1.32 bits per heavy atom. The summed E-state index contributed by atoms with van der Waals surface area (Å²) in [6.07, 6.45) is 0.460. The molecule has 0 bridgehead atoms. The highest BCUT2D eigenvalue weighted by Crippen LogP contribution is 2.24. The summed E-state index contributed by atoms with van der Waals surface area (Å²) in [5.74, 6) is 0.328. The molecule has 1 atom stereocenters. The van der Waals surface area contributed by atoms with Crippen LogP contribution in [0.25, 0.3) is 0 Å². The van der Waals surface area contributed by atoms with Gasteiger partial charge in [-0.05, 0) is 12.1 Å². The number of anilines is 1. The minimum Gasteiger partial charge on any atom is -0.497 e. The fraction of sp³-hybridized carbons (Fsp3) is 0.385. The van der Waals surface area contributed by atoms with Gasteiger partial charge in [-0.1, -0.05) is 6.07 Å². The summed E-state index contributed by atoms with van der Waals surface area (Å²) in [6.45, 7) is 0.419. The zero-order chi connectivity index (χ0) is 13.8. The molecule has 1 heterocycles. The molecule has 0 saturated carbocycles. The summed E-state index contributed by atoms with van der Waals surface area (Å²) in [5, 5.41) is 2.64. The van der Waals surface area contributed by atoms with Gasteiger partial charge in [-0.2, -0.15) is 0 Å². The number of methoxy groups -OCH3 is 2. The molecule has 6 nitrogen and oxygen atoms in total. The molecule has 102 valence electrons. The first-order valence-corrected chi connectivity index (χ1v) is 5.95. The first-order valence-electron chi connectivity index (χ1n) is 5.95. The van der Waals surface area contributed by atoms with Crippen molar-refractivity contribution in [2.45, 2.75) is 12.5 Å². The van der Waals surface area contributed by atoms with Crippen LogP contribution in [0.5, 0.6) is 5.75 Å². The van der Waals surface area contributed by atoms with Crippen molar-refractivity contribution >= 4 is 17.6 Å². The van der Waals surface area contributed by atoms with Crippen LogP contribution < -0.4 is 15.0 Å². The SMILES string of the molecule is COCCC1NC(=O)N(c2cccc(OC)c2)C1=O. The number of benzene rings is 1. The summed E-state index contributed by atoms with van der Waals surface area (Å²) in [7, 11) is 3.09. The van der Waals surface area contributed by atoms with Crippen LogP contribution in [0, 0.1) is 0 Å². The number of hydrogen-bond acceptors (Lipinski definition) is 4. The lowest BCUT2D eigenvalue weighted by Crippen LogP contribution is -2.31. The lowest BCUT2D eigenvalue weighted by atomic mass is 10.2. The number of amides is 3. The van der Waals surface area contributed by atoms with Gasteiger partial charge in [-0.15, -0.1) is 0 Å². The summed E-state index contributed by atoms with van der Waals surface area (Å²) in [4.78, 5) is 25.2. The third kappa shape index (κ3) is 2.68. The van der Waals surface area contributed by atoms with E-state index in [1.807, 2.05) is 0 Å². The molecule has 0 aliphatic carbocycles. The van der Waals surface area contributed by atoms with Crippen molar-refractivity contribution < 1.29 is 19.1 Å². The van der Waals surface area contributed by atoms with Crippen LogP contribution in [-0.2, 0) is 9.53 Å². The van der Waals surface area contributed by atoms with Crippen LogP contribution in [0.1, 0.15) is 6.42 Å². The molecule has 1 saturated heterocycles. The van der Waals surface area contributed by atoms with E-state index in [-0.39, 0.29) is 5.91 Å². The molecule has 1 aromatic rings. The Morgan fingerprint density at radius 3 is 2.79 bits per heavy atom. The number of carbonyl (C=O) groups excluding carboxylic acids is 2. The highest BCUT2D eigenvalue weighted by atomic mass is 16.5. The topological polar surface area (TPSA) is 67.9 Å². The third-order valence-electron chi connectivity index (χ3n) is 2.94. The fourth-order valence-electron chi connectivity index (χ4n) is 1.96. The molecule has 0 spiro atoms. The van der Waals surface area contributed by atoms with Crippen LogP contribution in [0.3, 0.4) is 0 Å². The van der Waals surface area contributed by atoms with Gasteiger partial charge in [-0.3, -0.25) is 4.79 Å². The highest BCUT2D eigenvalue weighted by molar-refractivity contribution is 6.21. The molecule has 0 radical (unpaired) electrons. The average molecular weight is 264 g/mol. The maximum absolute atomic E-state index is 12.2. The van der Waals surface area contributed by atoms with Crippen molar-refractivity contribution in [1.29, 1.82) is 0 Å². The first-order chi connectivity index (χ1) is 9.17. The minimum absolute atomic E-state index is 0.268. The summed E-state index contributed by atoms with van der Waals surface area (Å²) < 4.78 is 10.0. The van der Waals surface area contributed by atoms with E-state index in [4.69, 9.17) is 9.47 Å². The fourth-order valence-corrected chi connectivity index (χ4v) is 1.96. The molecule has 1 aliphatic heterocycles. The van der Waals surface area contributed by atoms with E-state index in [2.05, 4.69) is 5.32 Å². The Morgan fingerprint density at radius 2 is 2.11 bits per heavy atom. The summed E-state index contributed by atoms with van der Waals surface area (Å²) >= 11 is 0. The quantitative estimate of drug-likeness (QED) is 0.810. The lowest BCUT2D eigenvalue weighted by molar-refractivity contribution is -0.118. The van der Waals surface area contributed by atoms with E-state index in [9.17, 15) is 9.59 Å². The summed E-state index contributed by atoms with van der Waals surface area (Å²) in [5.41, 5.74) is 0.502. The largest absolute Gasteiger partial charge is 0.497 e. The van der Waals surface area contributed by atoms with Gasteiger partial charge < -0.3 is 14.8 Å². The Kier molecular flexibility index (Phi) is 4.01. The normalized spacial score (nSPS) is 18.6. The average Bonchev–Trinajstić information content (AvgIpc) is 2.71. The lowest BCUT2D eigenvalue weighted by Gasteiger charge is -2.13. The molecule has 1 fully saturated rings. The van der Waals surface area contributed by atoms with Gasteiger partial charge in [0.15, 0.2) is 0 Å². The number of ether oxygens (including phenoxy) is 2. The maximum atomic E-state index is 12.2. The van der Waals surface area contributed by atoms with Gasteiger partial charge in [0.1, 0.15) is 11.8 Å². The van der Waals surface area contributed by atoms with Crippen LogP contribution in [-0.4, -0.2) is 38.8 Å². The molecular formula is C13H16N2O4. The Labute approximate surface area is 111 Å². The van der Waals surface area contributed by atoms with Gasteiger partial charge in [0.2, 0.25) is 0 Å². The second-order valence-electron chi connectivity index (χ2n) is 4.16. The van der Waals surface area contributed by atoms with Crippen molar-refractivity contribution in [3.05, 3.63) is 24.3 Å². The number of urea groups is 1. The molecule has 19 heavy (non-hydrogen) atoms. The Balaban J connectivity index is 2.19. The van der Waals surface area contributed by atoms with Gasteiger partial charge in [0, 0.05) is 26.2 Å². The first kappa shape index (κ1) is 13.4. The zero-order valence-corrected chi connectivity index (χ0v) is 10.9. The molecule has 1 aliphatic rings. The van der Waals surface area contributed by atoms with E-state index in [1.165, 1.54) is 7.11 Å². The molecular weight excluding hydrogens is 248 g/mol. The molecule has 0 aromatic heterocycles. The van der Waals surface area contributed by atoms with E-state index < -0.39 is 12.1 Å². The monoisotopic (exact) mass is 264 g/mol. The number of imide groups is 1. The van der Waals surface area contributed by atoms with Crippen LogP contribution >= 0.6 is 0 Å². The second-order valence-corrected chi connectivity index (χ2v) is 4.16. The van der Waals surface area contributed by atoms with Gasteiger partial charge in [0.25, 0.3) is 5.91 Å². The molecule has 2 rings (SSSR count). The van der Waals surface area contributed by atoms with Gasteiger partial charge in [0.05, 0.1) is 12.8 Å². The van der Waals surface area contributed by atoms with Crippen molar-refractivity contribution in [3.8, 4) is 5.75 Å².